The van der Waals surface area contributed by atoms with Gasteiger partial charge >= 0.3 is 5.97 Å². The Morgan fingerprint density at radius 3 is 2.67 bits per heavy atom. The highest BCUT2D eigenvalue weighted by Gasteiger charge is 2.25. The van der Waals surface area contributed by atoms with Gasteiger partial charge in [0.1, 0.15) is 0 Å². The maximum absolute atomic E-state index is 12.1. The van der Waals surface area contributed by atoms with Crippen molar-refractivity contribution in [2.24, 2.45) is 0 Å². The summed E-state index contributed by atoms with van der Waals surface area (Å²) in [5, 5.41) is 3.28. The van der Waals surface area contributed by atoms with Crippen LogP contribution >= 0.6 is 11.3 Å². The Hall–Kier alpha value is -1.43. The number of aryl methyl sites for hydroxylation is 1. The van der Waals surface area contributed by atoms with E-state index in [9.17, 15) is 9.59 Å². The zero-order chi connectivity index (χ0) is 15.2. The summed E-state index contributed by atoms with van der Waals surface area (Å²) in [5.74, 6) is 0.385. The number of hydrogen-bond acceptors (Lipinski definition) is 5. The van der Waals surface area contributed by atoms with Crippen LogP contribution in [0.5, 0.6) is 0 Å². The fourth-order valence-electron chi connectivity index (χ4n) is 2.58. The van der Waals surface area contributed by atoms with Crippen LogP contribution in [0.1, 0.15) is 48.7 Å². The Labute approximate surface area is 129 Å². The minimum Gasteiger partial charge on any atom is -0.469 e. The Bertz CT molecular complexity index is 493. The van der Waals surface area contributed by atoms with Gasteiger partial charge in [0.15, 0.2) is 0 Å². The first kappa shape index (κ1) is 15.9. The molecule has 0 N–H and O–H groups in total. The summed E-state index contributed by atoms with van der Waals surface area (Å²) in [6.45, 7) is 3.60. The van der Waals surface area contributed by atoms with Crippen molar-refractivity contribution in [2.45, 2.75) is 44.9 Å². The molecular formula is C15H22N2O3S. The lowest BCUT2D eigenvalue weighted by Gasteiger charge is -2.31. The molecule has 1 saturated heterocycles. The maximum atomic E-state index is 12.1. The number of amides is 1. The van der Waals surface area contributed by atoms with Crippen molar-refractivity contribution in [1.82, 2.24) is 9.88 Å². The molecule has 1 amide bonds. The summed E-state index contributed by atoms with van der Waals surface area (Å²) in [7, 11) is 1.37. The number of aromatic nitrogens is 1. The highest BCUT2D eigenvalue weighted by molar-refractivity contribution is 7.09. The van der Waals surface area contributed by atoms with Crippen LogP contribution in [0.2, 0.25) is 0 Å². The van der Waals surface area contributed by atoms with Gasteiger partial charge in [0.2, 0.25) is 5.91 Å². The first-order chi connectivity index (χ1) is 10.1. The minimum atomic E-state index is -0.249. The van der Waals surface area contributed by atoms with Crippen LogP contribution in [0.3, 0.4) is 0 Å². The number of rotatable bonds is 5. The molecule has 5 nitrogen and oxygen atoms in total. The van der Waals surface area contributed by atoms with Crippen LogP contribution in [-0.4, -0.2) is 42.0 Å². The molecule has 6 heteroatoms. The molecule has 1 aromatic heterocycles. The number of likely N-dealkylation sites (tertiary alicyclic amines) is 1. The Morgan fingerprint density at radius 1 is 1.38 bits per heavy atom. The van der Waals surface area contributed by atoms with E-state index in [-0.39, 0.29) is 11.9 Å². The molecule has 0 bridgehead atoms. The molecule has 2 rings (SSSR count). The third-order valence-electron chi connectivity index (χ3n) is 3.83. The van der Waals surface area contributed by atoms with Gasteiger partial charge in [-0.05, 0) is 26.2 Å². The van der Waals surface area contributed by atoms with Crippen molar-refractivity contribution in [3.05, 3.63) is 16.1 Å². The van der Waals surface area contributed by atoms with Gasteiger partial charge < -0.3 is 9.64 Å². The SMILES string of the molecule is COC(=O)CCCC(=O)N1CCC(c2nc(C)cs2)CC1. The molecule has 0 atom stereocenters. The van der Waals surface area contributed by atoms with E-state index in [0.29, 0.717) is 25.2 Å². The average molecular weight is 310 g/mol. The first-order valence-corrected chi connectivity index (χ1v) is 8.24. The van der Waals surface area contributed by atoms with Crippen LogP contribution in [0.4, 0.5) is 0 Å². The molecule has 0 unspecified atom stereocenters. The number of nitrogens with zero attached hydrogens (tertiary/aromatic N) is 2. The van der Waals surface area contributed by atoms with Gasteiger partial charge in [-0.15, -0.1) is 11.3 Å². The molecule has 0 radical (unpaired) electrons. The van der Waals surface area contributed by atoms with Gasteiger partial charge in [-0.25, -0.2) is 4.98 Å². The second-order valence-electron chi connectivity index (χ2n) is 5.41. The zero-order valence-electron chi connectivity index (χ0n) is 12.6. The van der Waals surface area contributed by atoms with Crippen LogP contribution < -0.4 is 0 Å². The van der Waals surface area contributed by atoms with E-state index >= 15 is 0 Å². The molecule has 1 aliphatic rings. The monoisotopic (exact) mass is 310 g/mol. The normalized spacial score (nSPS) is 16.0. The largest absolute Gasteiger partial charge is 0.469 e. The fraction of sp³-hybridized carbons (Fsp3) is 0.667. The maximum Gasteiger partial charge on any atom is 0.305 e. The van der Waals surface area contributed by atoms with E-state index in [4.69, 9.17) is 0 Å². The third kappa shape index (κ3) is 4.52. The Morgan fingerprint density at radius 2 is 2.10 bits per heavy atom. The smallest absolute Gasteiger partial charge is 0.305 e. The topological polar surface area (TPSA) is 59.5 Å². The summed E-state index contributed by atoms with van der Waals surface area (Å²) in [4.78, 5) is 29.6. The molecule has 21 heavy (non-hydrogen) atoms. The number of thiazole rings is 1. The number of methoxy groups -OCH3 is 1. The standard InChI is InChI=1S/C15H22N2O3S/c1-11-10-21-15(16-11)12-6-8-17(9-7-12)13(18)4-3-5-14(19)20-2/h10,12H,3-9H2,1-2H3. The van der Waals surface area contributed by atoms with Gasteiger partial charge in [0.25, 0.3) is 0 Å². The van der Waals surface area contributed by atoms with Crippen LogP contribution in [0, 0.1) is 6.92 Å². The molecular weight excluding hydrogens is 288 g/mol. The Balaban J connectivity index is 1.73. The van der Waals surface area contributed by atoms with Gasteiger partial charge in [-0.1, -0.05) is 0 Å². The van der Waals surface area contributed by atoms with Gasteiger partial charge in [0, 0.05) is 42.9 Å². The van der Waals surface area contributed by atoms with E-state index in [2.05, 4.69) is 15.1 Å². The van der Waals surface area contributed by atoms with Crippen LogP contribution in [0.25, 0.3) is 0 Å². The Kier molecular flexibility index (Phi) is 5.73. The second-order valence-corrected chi connectivity index (χ2v) is 6.30. The van der Waals surface area contributed by atoms with E-state index < -0.39 is 0 Å². The minimum absolute atomic E-state index is 0.146. The number of ether oxygens (including phenoxy) is 1. The second kappa shape index (κ2) is 7.54. The molecule has 0 aromatic carbocycles. The molecule has 116 valence electrons. The quantitative estimate of drug-likeness (QED) is 0.784. The van der Waals surface area contributed by atoms with E-state index in [0.717, 1.165) is 31.6 Å². The fourth-order valence-corrected chi connectivity index (χ4v) is 3.55. The third-order valence-corrected chi connectivity index (χ3v) is 4.96. The highest BCUT2D eigenvalue weighted by atomic mass is 32.1. The first-order valence-electron chi connectivity index (χ1n) is 7.36. The van der Waals surface area contributed by atoms with Crippen LogP contribution in [-0.2, 0) is 14.3 Å². The van der Waals surface area contributed by atoms with E-state index in [1.807, 2.05) is 11.8 Å². The molecule has 0 spiro atoms. The number of hydrogen-bond donors (Lipinski definition) is 0. The van der Waals surface area contributed by atoms with Gasteiger partial charge in [-0.2, -0.15) is 0 Å². The summed E-state index contributed by atoms with van der Waals surface area (Å²) in [5.41, 5.74) is 1.08. The predicted molar refractivity (Wildman–Crippen MR) is 81.3 cm³/mol. The summed E-state index contributed by atoms with van der Waals surface area (Å²) < 4.78 is 4.57. The van der Waals surface area contributed by atoms with Crippen molar-refractivity contribution in [1.29, 1.82) is 0 Å². The van der Waals surface area contributed by atoms with Crippen molar-refractivity contribution in [3.8, 4) is 0 Å². The lowest BCUT2D eigenvalue weighted by Crippen LogP contribution is -2.37. The lowest BCUT2D eigenvalue weighted by atomic mass is 9.97. The molecule has 0 aliphatic carbocycles. The van der Waals surface area contributed by atoms with E-state index in [1.165, 1.54) is 12.1 Å². The summed E-state index contributed by atoms with van der Waals surface area (Å²) >= 11 is 1.72. The number of esters is 1. The van der Waals surface area contributed by atoms with Crippen LogP contribution in [0.15, 0.2) is 5.38 Å². The molecule has 1 aliphatic heterocycles. The number of carbonyl (C=O) groups is 2. The number of carbonyl (C=O) groups excluding carboxylic acids is 2. The highest BCUT2D eigenvalue weighted by Crippen LogP contribution is 2.30. The molecule has 1 aromatic rings. The van der Waals surface area contributed by atoms with Crippen molar-refractivity contribution in [2.75, 3.05) is 20.2 Å². The summed E-state index contributed by atoms with van der Waals surface area (Å²) in [6.07, 6.45) is 3.27. The summed E-state index contributed by atoms with van der Waals surface area (Å²) in [6, 6.07) is 0. The van der Waals surface area contributed by atoms with Gasteiger partial charge in [0.05, 0.1) is 12.1 Å². The number of piperidine rings is 1. The molecule has 1 fully saturated rings. The van der Waals surface area contributed by atoms with Crippen molar-refractivity contribution >= 4 is 23.2 Å². The molecule has 2 heterocycles. The van der Waals surface area contributed by atoms with Crippen molar-refractivity contribution < 1.29 is 14.3 Å². The molecule has 0 saturated carbocycles. The zero-order valence-corrected chi connectivity index (χ0v) is 13.4. The van der Waals surface area contributed by atoms with Crippen molar-refractivity contribution in [3.63, 3.8) is 0 Å². The van der Waals surface area contributed by atoms with E-state index in [1.54, 1.807) is 11.3 Å². The predicted octanol–water partition coefficient (Wildman–Crippen LogP) is 2.50. The average Bonchev–Trinajstić information content (AvgIpc) is 2.93. The lowest BCUT2D eigenvalue weighted by molar-refractivity contribution is -0.141. The van der Waals surface area contributed by atoms with Gasteiger partial charge in [-0.3, -0.25) is 9.59 Å².